The van der Waals surface area contributed by atoms with Gasteiger partial charge in [-0.05, 0) is 6.08 Å². The van der Waals surface area contributed by atoms with Crippen LogP contribution in [0.3, 0.4) is 0 Å². The number of halogens is 2. The van der Waals surface area contributed by atoms with Gasteiger partial charge in [-0.1, -0.05) is 11.6 Å². The average Bonchev–Trinajstić information content (AvgIpc) is 2.35. The predicted molar refractivity (Wildman–Crippen MR) is 62.3 cm³/mol. The monoisotopic (exact) mass is 286 g/mol. The van der Waals surface area contributed by atoms with Crippen LogP contribution in [-0.2, 0) is 4.79 Å². The van der Waals surface area contributed by atoms with Crippen LogP contribution in [0.4, 0.5) is 10.1 Å². The molecule has 0 saturated heterocycles. The molecule has 7 nitrogen and oxygen atoms in total. The molecular weight excluding hydrogens is 283 g/mol. The van der Waals surface area contributed by atoms with Crippen molar-refractivity contribution in [1.29, 1.82) is 0 Å². The highest BCUT2D eigenvalue weighted by Crippen LogP contribution is 2.26. The molecule has 0 aliphatic heterocycles. The van der Waals surface area contributed by atoms with Crippen LogP contribution in [0, 0.1) is 20.8 Å². The van der Waals surface area contributed by atoms with Crippen LogP contribution in [0.2, 0.25) is 5.02 Å². The van der Waals surface area contributed by atoms with E-state index in [0.717, 1.165) is 0 Å². The molecule has 1 aromatic rings. The van der Waals surface area contributed by atoms with Crippen molar-refractivity contribution < 1.29 is 18.9 Å². The van der Waals surface area contributed by atoms with E-state index in [2.05, 4.69) is 0 Å². The molecule has 0 saturated carbocycles. The Hall–Kier alpha value is -2.48. The molecule has 9 heteroatoms. The van der Waals surface area contributed by atoms with E-state index in [1.165, 1.54) is 0 Å². The number of allylic oxidation sites excluding steroid dienone is 1. The van der Waals surface area contributed by atoms with Crippen molar-refractivity contribution in [2.45, 2.75) is 0 Å². The summed E-state index contributed by atoms with van der Waals surface area (Å²) in [5.41, 5.74) is -1.30. The molecule has 0 N–H and O–H groups in total. The van der Waals surface area contributed by atoms with Gasteiger partial charge < -0.3 is 0 Å². The summed E-state index contributed by atoms with van der Waals surface area (Å²) in [6.45, 7) is 0. The van der Waals surface area contributed by atoms with E-state index in [1.54, 1.807) is 0 Å². The summed E-state index contributed by atoms with van der Waals surface area (Å²) in [5, 5.41) is 12.2. The Labute approximate surface area is 109 Å². The van der Waals surface area contributed by atoms with Crippen molar-refractivity contribution in [2.75, 3.05) is 0 Å². The largest absolute Gasteiger partial charge is 0.309 e. The van der Waals surface area contributed by atoms with Gasteiger partial charge in [0.2, 0.25) is 5.82 Å². The lowest BCUT2D eigenvalue weighted by molar-refractivity contribution is -0.387. The molecule has 1 rings (SSSR count). The van der Waals surface area contributed by atoms with Crippen molar-refractivity contribution in [3.8, 4) is 0 Å². The molecule has 0 aliphatic rings. The molecule has 0 atom stereocenters. The number of carbonyl (C=O) groups is 2. The molecule has 0 heterocycles. The standard InChI is InChI=1S/C10H4ClFN2O5/c11-6-4-7(12)8(14(18)19)3-5(6)9(15)1-2-10(16)13-17/h1-4H/b2-1+. The maximum Gasteiger partial charge on any atom is 0.309 e. The number of ketones is 1. The molecule has 0 radical (unpaired) electrons. The maximum atomic E-state index is 13.1. The van der Waals surface area contributed by atoms with Crippen LogP contribution < -0.4 is 0 Å². The Bertz CT molecular complexity index is 614. The average molecular weight is 287 g/mol. The number of hydrogen-bond donors (Lipinski definition) is 0. The fraction of sp³-hybridized carbons (Fsp3) is 0. The van der Waals surface area contributed by atoms with Crippen molar-refractivity contribution in [3.63, 3.8) is 0 Å². The second-order valence-corrected chi connectivity index (χ2v) is 3.57. The number of hydrogen-bond acceptors (Lipinski definition) is 5. The lowest BCUT2D eigenvalue weighted by Crippen LogP contribution is -2.01. The van der Waals surface area contributed by atoms with Gasteiger partial charge in [0, 0.05) is 28.9 Å². The lowest BCUT2D eigenvalue weighted by Gasteiger charge is -2.01. The third kappa shape index (κ3) is 3.49. The second-order valence-electron chi connectivity index (χ2n) is 3.17. The third-order valence-corrected chi connectivity index (χ3v) is 2.28. The van der Waals surface area contributed by atoms with Gasteiger partial charge in [0.15, 0.2) is 5.78 Å². The third-order valence-electron chi connectivity index (χ3n) is 1.97. The number of nitrogens with zero attached hydrogens (tertiary/aromatic N) is 2. The zero-order valence-corrected chi connectivity index (χ0v) is 9.76. The van der Waals surface area contributed by atoms with Crippen molar-refractivity contribution in [2.24, 2.45) is 5.18 Å². The minimum Gasteiger partial charge on any atom is -0.289 e. The summed E-state index contributed by atoms with van der Waals surface area (Å²) in [5.74, 6) is -3.30. The lowest BCUT2D eigenvalue weighted by atomic mass is 10.1. The first-order valence-electron chi connectivity index (χ1n) is 4.60. The molecule has 19 heavy (non-hydrogen) atoms. The molecule has 0 bridgehead atoms. The van der Waals surface area contributed by atoms with Gasteiger partial charge in [-0.3, -0.25) is 19.7 Å². The Morgan fingerprint density at radius 1 is 1.37 bits per heavy atom. The minimum atomic E-state index is -1.21. The SMILES string of the molecule is O=NC(=O)/C=C/C(=O)c1cc([N+](=O)[O-])c(F)cc1Cl. The Kier molecular flexibility index (Phi) is 4.54. The highest BCUT2D eigenvalue weighted by atomic mass is 35.5. The zero-order chi connectivity index (χ0) is 14.6. The predicted octanol–water partition coefficient (Wildman–Crippen LogP) is 2.42. The second kappa shape index (κ2) is 5.91. The van der Waals surface area contributed by atoms with Crippen LogP contribution in [0.25, 0.3) is 0 Å². The number of nitro benzene ring substituents is 1. The molecule has 0 spiro atoms. The van der Waals surface area contributed by atoms with Crippen molar-refractivity contribution >= 4 is 29.0 Å². The molecular formula is C10H4ClFN2O5. The number of amides is 1. The van der Waals surface area contributed by atoms with Crippen molar-refractivity contribution in [3.05, 3.63) is 55.7 Å². The number of rotatable bonds is 4. The number of nitro groups is 1. The van der Waals surface area contributed by atoms with Crippen LogP contribution in [0.15, 0.2) is 29.5 Å². The number of carbonyl (C=O) groups excluding carboxylic acids is 2. The molecule has 0 aliphatic carbocycles. The molecule has 0 fully saturated rings. The van der Waals surface area contributed by atoms with Gasteiger partial charge in [0.05, 0.1) is 9.95 Å². The number of nitroso groups, excluding NO2 is 1. The summed E-state index contributed by atoms with van der Waals surface area (Å²) in [7, 11) is 0. The molecule has 0 unspecified atom stereocenters. The minimum absolute atomic E-state index is 0.357. The summed E-state index contributed by atoms with van der Waals surface area (Å²) in [4.78, 5) is 41.4. The van der Waals surface area contributed by atoms with E-state index >= 15 is 0 Å². The summed E-state index contributed by atoms with van der Waals surface area (Å²) in [6, 6.07) is 1.25. The van der Waals surface area contributed by atoms with Gasteiger partial charge >= 0.3 is 11.6 Å². The Morgan fingerprint density at radius 3 is 2.53 bits per heavy atom. The van der Waals surface area contributed by atoms with Gasteiger partial charge in [0.25, 0.3) is 0 Å². The fourth-order valence-electron chi connectivity index (χ4n) is 1.13. The van der Waals surface area contributed by atoms with Gasteiger partial charge in [-0.25, -0.2) is 0 Å². The summed E-state index contributed by atoms with van der Waals surface area (Å²) < 4.78 is 13.1. The van der Waals surface area contributed by atoms with Crippen molar-refractivity contribution in [1.82, 2.24) is 0 Å². The molecule has 1 aromatic carbocycles. The summed E-state index contributed by atoms with van der Waals surface area (Å²) in [6.07, 6.45) is 1.23. The molecule has 1 amide bonds. The maximum absolute atomic E-state index is 13.1. The molecule has 0 aromatic heterocycles. The first kappa shape index (κ1) is 14.6. The van der Waals surface area contributed by atoms with E-state index in [4.69, 9.17) is 11.6 Å². The highest BCUT2D eigenvalue weighted by molar-refractivity contribution is 6.34. The van der Waals surface area contributed by atoms with Crippen LogP contribution in [-0.4, -0.2) is 16.6 Å². The first-order valence-corrected chi connectivity index (χ1v) is 4.97. The van der Waals surface area contributed by atoms with E-state index in [1.807, 2.05) is 5.18 Å². The Balaban J connectivity index is 3.20. The smallest absolute Gasteiger partial charge is 0.289 e. The highest BCUT2D eigenvalue weighted by Gasteiger charge is 2.20. The van der Waals surface area contributed by atoms with Gasteiger partial charge in [-0.15, -0.1) is 4.91 Å². The van der Waals surface area contributed by atoms with Gasteiger partial charge in [0.1, 0.15) is 0 Å². The van der Waals surface area contributed by atoms with Crippen LogP contribution >= 0.6 is 11.6 Å². The first-order chi connectivity index (χ1) is 8.86. The number of benzene rings is 1. The normalized spacial score (nSPS) is 10.4. The molecule has 98 valence electrons. The zero-order valence-electron chi connectivity index (χ0n) is 9.00. The van der Waals surface area contributed by atoms with E-state index in [-0.39, 0.29) is 10.6 Å². The topological polar surface area (TPSA) is 107 Å². The quantitative estimate of drug-likeness (QED) is 0.278. The van der Waals surface area contributed by atoms with E-state index < -0.39 is 28.1 Å². The van der Waals surface area contributed by atoms with E-state index in [0.29, 0.717) is 24.3 Å². The fourth-order valence-corrected chi connectivity index (χ4v) is 1.38. The van der Waals surface area contributed by atoms with E-state index in [9.17, 15) is 29.0 Å². The van der Waals surface area contributed by atoms with Gasteiger partial charge in [-0.2, -0.15) is 4.39 Å². The van der Waals surface area contributed by atoms with Crippen LogP contribution in [0.5, 0.6) is 0 Å². The Morgan fingerprint density at radius 2 is 2.00 bits per heavy atom. The van der Waals surface area contributed by atoms with Crippen LogP contribution in [0.1, 0.15) is 10.4 Å². The summed E-state index contributed by atoms with van der Waals surface area (Å²) >= 11 is 5.56.